The average molecular weight is 170 g/mol. The molecule has 12 heavy (non-hydrogen) atoms. The number of Topliss-reactive ketones (excluding diaryl/α,β-unsaturated/α-hetero) is 1. The van der Waals surface area contributed by atoms with Gasteiger partial charge in [-0.05, 0) is 6.92 Å². The van der Waals surface area contributed by atoms with Crippen molar-refractivity contribution in [2.45, 2.75) is 27.2 Å². The SMILES string of the molecule is CCC(=O)[C@@]1(C)C(=O)OC[C@@H]1C. The van der Waals surface area contributed by atoms with Crippen LogP contribution in [0, 0.1) is 11.3 Å². The highest BCUT2D eigenvalue weighted by molar-refractivity contribution is 6.04. The maximum absolute atomic E-state index is 11.5. The number of carbonyl (C=O) groups excluding carboxylic acids is 2. The van der Waals surface area contributed by atoms with Gasteiger partial charge in [0.1, 0.15) is 11.2 Å². The fraction of sp³-hybridized carbons (Fsp3) is 0.778. The van der Waals surface area contributed by atoms with Gasteiger partial charge in [0.2, 0.25) is 0 Å². The van der Waals surface area contributed by atoms with Crippen molar-refractivity contribution in [1.29, 1.82) is 0 Å². The molecule has 3 nitrogen and oxygen atoms in total. The van der Waals surface area contributed by atoms with Crippen molar-refractivity contribution >= 4 is 11.8 Å². The van der Waals surface area contributed by atoms with E-state index in [1.165, 1.54) is 0 Å². The van der Waals surface area contributed by atoms with Crippen LogP contribution in [0.2, 0.25) is 0 Å². The maximum Gasteiger partial charge on any atom is 0.319 e. The van der Waals surface area contributed by atoms with E-state index in [4.69, 9.17) is 4.74 Å². The number of ether oxygens (including phenoxy) is 1. The molecule has 2 atom stereocenters. The van der Waals surface area contributed by atoms with Crippen molar-refractivity contribution in [3.05, 3.63) is 0 Å². The third-order valence-electron chi connectivity index (χ3n) is 2.77. The summed E-state index contributed by atoms with van der Waals surface area (Å²) in [5.74, 6) is -0.364. The smallest absolute Gasteiger partial charge is 0.319 e. The van der Waals surface area contributed by atoms with Crippen LogP contribution in [0.25, 0.3) is 0 Å². The zero-order valence-corrected chi connectivity index (χ0v) is 7.72. The highest BCUT2D eigenvalue weighted by atomic mass is 16.5. The Morgan fingerprint density at radius 3 is 2.67 bits per heavy atom. The van der Waals surface area contributed by atoms with Crippen LogP contribution in [-0.4, -0.2) is 18.4 Å². The lowest BCUT2D eigenvalue weighted by molar-refractivity contribution is -0.150. The minimum absolute atomic E-state index is 0.0115. The number of carbonyl (C=O) groups is 2. The molecule has 1 aliphatic heterocycles. The van der Waals surface area contributed by atoms with Gasteiger partial charge in [0.05, 0.1) is 6.61 Å². The lowest BCUT2D eigenvalue weighted by Gasteiger charge is -2.20. The summed E-state index contributed by atoms with van der Waals surface area (Å²) in [5, 5.41) is 0. The van der Waals surface area contributed by atoms with Gasteiger partial charge in [-0.2, -0.15) is 0 Å². The van der Waals surface area contributed by atoms with Crippen molar-refractivity contribution in [3.8, 4) is 0 Å². The average Bonchev–Trinajstić information content (AvgIpc) is 2.32. The molecule has 0 aromatic heterocycles. The summed E-state index contributed by atoms with van der Waals surface area (Å²) < 4.78 is 4.84. The van der Waals surface area contributed by atoms with Crippen LogP contribution in [0.5, 0.6) is 0 Å². The molecule has 0 aromatic carbocycles. The molecule has 1 heterocycles. The fourth-order valence-electron chi connectivity index (χ4n) is 1.47. The zero-order valence-electron chi connectivity index (χ0n) is 7.72. The van der Waals surface area contributed by atoms with Crippen LogP contribution in [0.15, 0.2) is 0 Å². The fourth-order valence-corrected chi connectivity index (χ4v) is 1.47. The van der Waals surface area contributed by atoms with Gasteiger partial charge in [-0.3, -0.25) is 9.59 Å². The second kappa shape index (κ2) is 2.88. The molecular weight excluding hydrogens is 156 g/mol. The molecule has 0 amide bonds. The second-order valence-electron chi connectivity index (χ2n) is 3.48. The predicted octanol–water partition coefficient (Wildman–Crippen LogP) is 1.16. The van der Waals surface area contributed by atoms with Gasteiger partial charge in [-0.1, -0.05) is 13.8 Å². The number of rotatable bonds is 2. The standard InChI is InChI=1S/C9H14O3/c1-4-7(10)9(3)6(2)5-12-8(9)11/h6H,4-5H2,1-3H3/t6-,9-/m0/s1. The van der Waals surface area contributed by atoms with Crippen molar-refractivity contribution in [1.82, 2.24) is 0 Å². The summed E-state index contributed by atoms with van der Waals surface area (Å²) in [6.07, 6.45) is 0.399. The van der Waals surface area contributed by atoms with Crippen molar-refractivity contribution in [3.63, 3.8) is 0 Å². The summed E-state index contributed by atoms with van der Waals surface area (Å²) in [7, 11) is 0. The molecule has 0 spiro atoms. The summed E-state index contributed by atoms with van der Waals surface area (Å²) >= 11 is 0. The first-order valence-corrected chi connectivity index (χ1v) is 4.24. The summed E-state index contributed by atoms with van der Waals surface area (Å²) in [6.45, 7) is 5.70. The number of hydrogen-bond donors (Lipinski definition) is 0. The Morgan fingerprint density at radius 2 is 2.33 bits per heavy atom. The summed E-state index contributed by atoms with van der Waals surface area (Å²) in [4.78, 5) is 22.7. The first-order valence-electron chi connectivity index (χ1n) is 4.24. The molecule has 0 N–H and O–H groups in total. The Bertz CT molecular complexity index is 222. The van der Waals surface area contributed by atoms with E-state index < -0.39 is 5.41 Å². The van der Waals surface area contributed by atoms with Gasteiger partial charge in [0, 0.05) is 12.3 Å². The monoisotopic (exact) mass is 170 g/mol. The molecule has 0 saturated carbocycles. The van der Waals surface area contributed by atoms with Crippen molar-refractivity contribution in [2.75, 3.05) is 6.61 Å². The topological polar surface area (TPSA) is 43.4 Å². The first-order chi connectivity index (χ1) is 5.53. The molecule has 0 unspecified atom stereocenters. The number of ketones is 1. The lowest BCUT2D eigenvalue weighted by Crippen LogP contribution is -2.36. The van der Waals surface area contributed by atoms with Crippen LogP contribution in [-0.2, 0) is 14.3 Å². The predicted molar refractivity (Wildman–Crippen MR) is 43.5 cm³/mol. The molecule has 3 heteroatoms. The minimum Gasteiger partial charge on any atom is -0.465 e. The molecule has 1 aliphatic rings. The van der Waals surface area contributed by atoms with Gasteiger partial charge in [0.15, 0.2) is 0 Å². The van der Waals surface area contributed by atoms with E-state index in [1.807, 2.05) is 6.92 Å². The normalized spacial score (nSPS) is 34.9. The maximum atomic E-state index is 11.5. The molecule has 1 fully saturated rings. The minimum atomic E-state index is -0.880. The molecule has 0 bridgehead atoms. The Balaban J connectivity index is 2.94. The van der Waals surface area contributed by atoms with Crippen molar-refractivity contribution < 1.29 is 14.3 Å². The number of cyclic esters (lactones) is 1. The summed E-state index contributed by atoms with van der Waals surface area (Å²) in [6, 6.07) is 0. The summed E-state index contributed by atoms with van der Waals surface area (Å²) in [5.41, 5.74) is -0.880. The first kappa shape index (κ1) is 9.23. The molecule has 0 aliphatic carbocycles. The van der Waals surface area contributed by atoms with Gasteiger partial charge >= 0.3 is 5.97 Å². The molecule has 0 aromatic rings. The molecule has 1 rings (SSSR count). The van der Waals surface area contributed by atoms with Crippen LogP contribution < -0.4 is 0 Å². The van der Waals surface area contributed by atoms with Gasteiger partial charge < -0.3 is 4.74 Å². The molecule has 1 saturated heterocycles. The van der Waals surface area contributed by atoms with Crippen LogP contribution in [0.1, 0.15) is 27.2 Å². The van der Waals surface area contributed by atoms with Crippen LogP contribution in [0.4, 0.5) is 0 Å². The van der Waals surface area contributed by atoms with E-state index in [0.29, 0.717) is 13.0 Å². The van der Waals surface area contributed by atoms with Gasteiger partial charge in [0.25, 0.3) is 0 Å². The quantitative estimate of drug-likeness (QED) is 0.461. The Morgan fingerprint density at radius 1 is 1.75 bits per heavy atom. The van der Waals surface area contributed by atoms with Gasteiger partial charge in [-0.15, -0.1) is 0 Å². The van der Waals surface area contributed by atoms with Crippen LogP contribution >= 0.6 is 0 Å². The molecule has 68 valence electrons. The third kappa shape index (κ3) is 1.04. The van der Waals surface area contributed by atoms with Crippen molar-refractivity contribution in [2.24, 2.45) is 11.3 Å². The van der Waals surface area contributed by atoms with E-state index in [1.54, 1.807) is 13.8 Å². The van der Waals surface area contributed by atoms with E-state index in [0.717, 1.165) is 0 Å². The van der Waals surface area contributed by atoms with E-state index in [-0.39, 0.29) is 17.7 Å². The van der Waals surface area contributed by atoms with Gasteiger partial charge in [-0.25, -0.2) is 0 Å². The third-order valence-corrected chi connectivity index (χ3v) is 2.77. The number of esters is 1. The largest absolute Gasteiger partial charge is 0.465 e. The Hall–Kier alpha value is -0.860. The second-order valence-corrected chi connectivity index (χ2v) is 3.48. The highest BCUT2D eigenvalue weighted by Gasteiger charge is 2.50. The van der Waals surface area contributed by atoms with E-state index >= 15 is 0 Å². The highest BCUT2D eigenvalue weighted by Crippen LogP contribution is 2.36. The lowest BCUT2D eigenvalue weighted by atomic mass is 9.76. The van der Waals surface area contributed by atoms with E-state index in [2.05, 4.69) is 0 Å². The number of hydrogen-bond acceptors (Lipinski definition) is 3. The molecular formula is C9H14O3. The Kier molecular flexibility index (Phi) is 2.22. The molecule has 0 radical (unpaired) electrons. The van der Waals surface area contributed by atoms with Crippen LogP contribution in [0.3, 0.4) is 0 Å². The zero-order chi connectivity index (χ0) is 9.35. The Labute approximate surface area is 72.1 Å². The van der Waals surface area contributed by atoms with E-state index in [9.17, 15) is 9.59 Å².